The van der Waals surface area contributed by atoms with Gasteiger partial charge in [0.1, 0.15) is 0 Å². The summed E-state index contributed by atoms with van der Waals surface area (Å²) in [5.41, 5.74) is 2.21. The summed E-state index contributed by atoms with van der Waals surface area (Å²) in [5.74, 6) is 0. The van der Waals surface area contributed by atoms with Crippen molar-refractivity contribution in [1.29, 1.82) is 0 Å². The van der Waals surface area contributed by atoms with Crippen molar-refractivity contribution in [3.8, 4) is 11.1 Å². The molecule has 0 bridgehead atoms. The van der Waals surface area contributed by atoms with E-state index >= 15 is 0 Å². The van der Waals surface area contributed by atoms with Crippen molar-refractivity contribution in [3.63, 3.8) is 0 Å². The highest BCUT2D eigenvalue weighted by atomic mass is 16.6. The molecule has 3 rings (SSSR count). The van der Waals surface area contributed by atoms with Crippen LogP contribution in [-0.2, 0) is 0 Å². The number of benzene rings is 3. The highest BCUT2D eigenvalue weighted by Crippen LogP contribution is 2.33. The minimum absolute atomic E-state index is 0.0388. The molecule has 0 aliphatic carbocycles. The first-order valence-corrected chi connectivity index (χ1v) is 8.37. The van der Waals surface area contributed by atoms with Crippen molar-refractivity contribution in [2.45, 2.75) is 0 Å². The molecule has 3 aromatic carbocycles. The van der Waals surface area contributed by atoms with Gasteiger partial charge in [-0.2, -0.15) is 0 Å². The lowest BCUT2D eigenvalue weighted by atomic mass is 9.96. The van der Waals surface area contributed by atoms with E-state index in [0.29, 0.717) is 16.7 Å². The molecular formula is C22H16N2O4. The molecule has 0 atom stereocenters. The summed E-state index contributed by atoms with van der Waals surface area (Å²) in [6.07, 6.45) is 2.63. The molecule has 0 unspecified atom stereocenters. The molecule has 138 valence electrons. The zero-order valence-electron chi connectivity index (χ0n) is 14.9. The number of fused-ring (bicyclic) bond motifs is 1. The number of para-hydroxylation sites is 1. The molecule has 0 heterocycles. The lowest BCUT2D eigenvalue weighted by molar-refractivity contribution is -0.417. The van der Waals surface area contributed by atoms with Gasteiger partial charge in [0.05, 0.1) is 21.0 Å². The van der Waals surface area contributed by atoms with E-state index in [2.05, 4.69) is 13.2 Å². The molecule has 0 aliphatic rings. The number of nitro benzene ring substituents is 1. The highest BCUT2D eigenvalue weighted by molar-refractivity contribution is 5.92. The maximum Gasteiger partial charge on any atom is 0.277 e. The number of nitrogens with zero attached hydrogens (tertiary/aromatic N) is 2. The number of hydrogen-bond donors (Lipinski definition) is 0. The van der Waals surface area contributed by atoms with Crippen LogP contribution in [0.3, 0.4) is 0 Å². The minimum Gasteiger partial charge on any atom is -0.258 e. The van der Waals surface area contributed by atoms with Crippen molar-refractivity contribution in [1.82, 2.24) is 0 Å². The molecule has 0 saturated heterocycles. The van der Waals surface area contributed by atoms with Crippen LogP contribution in [0.25, 0.3) is 27.5 Å². The molecule has 0 N–H and O–H groups in total. The fraction of sp³-hybridized carbons (Fsp3) is 0. The lowest BCUT2D eigenvalue weighted by Gasteiger charge is -2.08. The third kappa shape index (κ3) is 3.43. The molecule has 0 radical (unpaired) electrons. The standard InChI is InChI=1S/C22H16N2O4/c1-3-19(21(4-2)23(25)26)17-11-9-16-14-18(12-10-15(16)13-17)20-7-5-6-8-22(20)24(27)28/h3-14H,1-2H2/b21-19-. The average Bonchev–Trinajstić information content (AvgIpc) is 2.70. The van der Waals surface area contributed by atoms with Crippen LogP contribution >= 0.6 is 0 Å². The largest absolute Gasteiger partial charge is 0.277 e. The molecule has 0 aliphatic heterocycles. The fourth-order valence-corrected chi connectivity index (χ4v) is 3.11. The van der Waals surface area contributed by atoms with E-state index in [9.17, 15) is 20.2 Å². The van der Waals surface area contributed by atoms with Crippen molar-refractivity contribution in [2.24, 2.45) is 0 Å². The van der Waals surface area contributed by atoms with E-state index in [4.69, 9.17) is 0 Å². The van der Waals surface area contributed by atoms with Crippen LogP contribution in [0.1, 0.15) is 5.56 Å². The van der Waals surface area contributed by atoms with E-state index in [1.165, 1.54) is 18.2 Å². The van der Waals surface area contributed by atoms with Gasteiger partial charge in [0.2, 0.25) is 0 Å². The van der Waals surface area contributed by atoms with Gasteiger partial charge in [0.25, 0.3) is 11.4 Å². The minimum atomic E-state index is -0.494. The van der Waals surface area contributed by atoms with Crippen LogP contribution in [0.15, 0.2) is 91.7 Å². The molecule has 28 heavy (non-hydrogen) atoms. The second kappa shape index (κ2) is 7.67. The monoisotopic (exact) mass is 372 g/mol. The highest BCUT2D eigenvalue weighted by Gasteiger charge is 2.16. The average molecular weight is 372 g/mol. The summed E-state index contributed by atoms with van der Waals surface area (Å²) >= 11 is 0. The van der Waals surface area contributed by atoms with Gasteiger partial charge in [-0.05, 0) is 40.1 Å². The van der Waals surface area contributed by atoms with Crippen molar-refractivity contribution in [3.05, 3.63) is 117 Å². The summed E-state index contributed by atoms with van der Waals surface area (Å²) in [6.45, 7) is 7.18. The van der Waals surface area contributed by atoms with Gasteiger partial charge in [-0.3, -0.25) is 20.2 Å². The molecule has 0 spiro atoms. The molecule has 0 fully saturated rings. The lowest BCUT2D eigenvalue weighted by Crippen LogP contribution is -1.99. The van der Waals surface area contributed by atoms with Crippen LogP contribution < -0.4 is 0 Å². The Hall–Kier alpha value is -4.06. The van der Waals surface area contributed by atoms with E-state index < -0.39 is 9.85 Å². The topological polar surface area (TPSA) is 86.3 Å². The van der Waals surface area contributed by atoms with Gasteiger partial charge >= 0.3 is 0 Å². The van der Waals surface area contributed by atoms with Crippen molar-refractivity contribution < 1.29 is 9.85 Å². The molecule has 3 aromatic rings. The Morgan fingerprint density at radius 1 is 0.857 bits per heavy atom. The van der Waals surface area contributed by atoms with E-state index in [1.807, 2.05) is 24.3 Å². The summed E-state index contributed by atoms with van der Waals surface area (Å²) in [7, 11) is 0. The predicted octanol–water partition coefficient (Wildman–Crippen LogP) is 5.77. The van der Waals surface area contributed by atoms with Crippen LogP contribution in [0.4, 0.5) is 5.69 Å². The Morgan fingerprint density at radius 3 is 2.18 bits per heavy atom. The molecular weight excluding hydrogens is 356 g/mol. The Morgan fingerprint density at radius 2 is 1.54 bits per heavy atom. The van der Waals surface area contributed by atoms with Crippen molar-refractivity contribution >= 4 is 22.0 Å². The molecule has 0 saturated carbocycles. The van der Waals surface area contributed by atoms with Gasteiger partial charge in [-0.15, -0.1) is 0 Å². The van der Waals surface area contributed by atoms with Gasteiger partial charge in [0.15, 0.2) is 0 Å². The summed E-state index contributed by atoms with van der Waals surface area (Å²) in [4.78, 5) is 21.6. The number of nitro groups is 2. The van der Waals surface area contributed by atoms with Gasteiger partial charge < -0.3 is 0 Å². The van der Waals surface area contributed by atoms with Crippen molar-refractivity contribution in [2.75, 3.05) is 0 Å². The quantitative estimate of drug-likeness (QED) is 0.312. The molecule has 6 nitrogen and oxygen atoms in total. The van der Waals surface area contributed by atoms with Gasteiger partial charge in [-0.25, -0.2) is 0 Å². The van der Waals surface area contributed by atoms with Crippen LogP contribution in [0, 0.1) is 20.2 Å². The third-order valence-corrected chi connectivity index (χ3v) is 4.43. The maximum atomic E-state index is 11.3. The first-order valence-electron chi connectivity index (χ1n) is 8.37. The number of allylic oxidation sites excluding steroid dienone is 3. The number of rotatable bonds is 6. The van der Waals surface area contributed by atoms with Crippen LogP contribution in [0.5, 0.6) is 0 Å². The van der Waals surface area contributed by atoms with E-state index in [0.717, 1.165) is 16.3 Å². The van der Waals surface area contributed by atoms with Crippen LogP contribution in [0.2, 0.25) is 0 Å². The molecule has 0 amide bonds. The zero-order chi connectivity index (χ0) is 20.3. The first kappa shape index (κ1) is 18.7. The second-order valence-corrected chi connectivity index (χ2v) is 6.02. The summed E-state index contributed by atoms with van der Waals surface area (Å²) in [5, 5.41) is 24.2. The maximum absolute atomic E-state index is 11.3. The third-order valence-electron chi connectivity index (χ3n) is 4.43. The first-order chi connectivity index (χ1) is 13.5. The Kier molecular flexibility index (Phi) is 5.13. The summed E-state index contributed by atoms with van der Waals surface area (Å²) < 4.78 is 0. The molecule has 0 aromatic heterocycles. The molecule has 6 heteroatoms. The number of hydrogen-bond acceptors (Lipinski definition) is 4. The normalized spacial score (nSPS) is 11.6. The SMILES string of the molecule is C=C/C(=C(\C=C)[N+](=O)[O-])c1ccc2cc(-c3ccccc3[N+](=O)[O-])ccc2c1. The van der Waals surface area contributed by atoms with E-state index in [1.54, 1.807) is 30.3 Å². The van der Waals surface area contributed by atoms with E-state index in [-0.39, 0.29) is 11.4 Å². The smallest absolute Gasteiger partial charge is 0.258 e. The van der Waals surface area contributed by atoms with Gasteiger partial charge in [0, 0.05) is 12.1 Å². The summed E-state index contributed by atoms with van der Waals surface area (Å²) in [6, 6.07) is 17.5. The Labute approximate surface area is 161 Å². The van der Waals surface area contributed by atoms with Crippen LogP contribution in [-0.4, -0.2) is 9.85 Å². The zero-order valence-corrected chi connectivity index (χ0v) is 14.9. The Bertz CT molecular complexity index is 1160. The van der Waals surface area contributed by atoms with Gasteiger partial charge in [-0.1, -0.05) is 55.6 Å². The fourth-order valence-electron chi connectivity index (χ4n) is 3.11. The second-order valence-electron chi connectivity index (χ2n) is 6.02. The predicted molar refractivity (Wildman–Crippen MR) is 110 cm³/mol. The Balaban J connectivity index is 2.14.